The Hall–Kier alpha value is 0.610. The first-order chi connectivity index (χ1) is 7.36. The van der Waals surface area contributed by atoms with Gasteiger partial charge >= 0.3 is 0 Å². The molecule has 1 fully saturated rings. The predicted molar refractivity (Wildman–Crippen MR) is 72.8 cm³/mol. The monoisotopic (exact) mass is 326 g/mol. The second-order valence-electron chi connectivity index (χ2n) is 3.99. The van der Waals surface area contributed by atoms with E-state index in [1.165, 1.54) is 17.3 Å². The van der Waals surface area contributed by atoms with E-state index >= 15 is 0 Å². The number of ether oxygens (including phenoxy) is 1. The molecule has 0 aromatic heterocycles. The third kappa shape index (κ3) is 6.04. The molecular formula is C11H23IN2O. The number of morpholine rings is 1. The second kappa shape index (κ2) is 8.73. The Morgan fingerprint density at radius 2 is 2.33 bits per heavy atom. The molecule has 1 N–H and O–H groups in total. The van der Waals surface area contributed by atoms with Crippen molar-refractivity contribution in [1.29, 1.82) is 0 Å². The summed E-state index contributed by atoms with van der Waals surface area (Å²) in [6, 6.07) is 0. The fourth-order valence-corrected chi connectivity index (χ4v) is 2.34. The molecule has 0 amide bonds. The fraction of sp³-hybridized carbons (Fsp3) is 1.00. The van der Waals surface area contributed by atoms with Crippen LogP contribution in [0.1, 0.15) is 19.8 Å². The van der Waals surface area contributed by atoms with Gasteiger partial charge in [0, 0.05) is 19.6 Å². The molecule has 90 valence electrons. The van der Waals surface area contributed by atoms with Crippen LogP contribution >= 0.6 is 22.6 Å². The van der Waals surface area contributed by atoms with Gasteiger partial charge in [0.15, 0.2) is 0 Å². The molecule has 1 rings (SSSR count). The van der Waals surface area contributed by atoms with Gasteiger partial charge in [-0.15, -0.1) is 0 Å². The number of hydrogen-bond donors (Lipinski definition) is 1. The summed E-state index contributed by atoms with van der Waals surface area (Å²) in [5.74, 6) is 0. The highest BCUT2D eigenvalue weighted by Crippen LogP contribution is 2.03. The summed E-state index contributed by atoms with van der Waals surface area (Å²) in [7, 11) is 0. The molecule has 3 nitrogen and oxygen atoms in total. The van der Waals surface area contributed by atoms with E-state index in [0.717, 1.165) is 39.3 Å². The lowest BCUT2D eigenvalue weighted by Gasteiger charge is -2.32. The molecule has 0 bridgehead atoms. The molecule has 15 heavy (non-hydrogen) atoms. The Morgan fingerprint density at radius 3 is 3.07 bits per heavy atom. The Labute approximate surface area is 107 Å². The number of unbranched alkanes of at least 4 members (excludes halogenated alkanes) is 1. The minimum absolute atomic E-state index is 0.401. The summed E-state index contributed by atoms with van der Waals surface area (Å²) in [5.41, 5.74) is 0. The first-order valence-electron chi connectivity index (χ1n) is 5.97. The van der Waals surface area contributed by atoms with Crippen LogP contribution in [0.2, 0.25) is 0 Å². The summed E-state index contributed by atoms with van der Waals surface area (Å²) in [4.78, 5) is 2.46. The Kier molecular flexibility index (Phi) is 7.96. The quantitative estimate of drug-likeness (QED) is 0.436. The first kappa shape index (κ1) is 13.7. The summed E-state index contributed by atoms with van der Waals surface area (Å²) < 4.78 is 6.98. The van der Waals surface area contributed by atoms with Crippen LogP contribution in [-0.2, 0) is 4.74 Å². The van der Waals surface area contributed by atoms with Gasteiger partial charge in [0.1, 0.15) is 0 Å². The average Bonchev–Trinajstić information content (AvgIpc) is 2.29. The van der Waals surface area contributed by atoms with Gasteiger partial charge in [0.05, 0.1) is 12.7 Å². The number of likely N-dealkylation sites (N-methyl/N-ethyl adjacent to an activating group) is 1. The highest BCUT2D eigenvalue weighted by atomic mass is 127. The third-order valence-electron chi connectivity index (χ3n) is 2.78. The number of hydrogen-bond acceptors (Lipinski definition) is 3. The molecule has 1 aliphatic heterocycles. The Balaban J connectivity index is 2.00. The average molecular weight is 326 g/mol. The lowest BCUT2D eigenvalue weighted by atomic mass is 10.2. The minimum atomic E-state index is 0.401. The van der Waals surface area contributed by atoms with E-state index in [-0.39, 0.29) is 0 Å². The maximum absolute atomic E-state index is 5.71. The van der Waals surface area contributed by atoms with Crippen molar-refractivity contribution in [2.75, 3.05) is 43.8 Å². The molecule has 0 aliphatic carbocycles. The van der Waals surface area contributed by atoms with E-state index in [0.29, 0.717) is 6.10 Å². The van der Waals surface area contributed by atoms with E-state index in [1.54, 1.807) is 0 Å². The molecule has 1 saturated heterocycles. The topological polar surface area (TPSA) is 24.5 Å². The third-order valence-corrected chi connectivity index (χ3v) is 3.54. The first-order valence-corrected chi connectivity index (χ1v) is 7.50. The van der Waals surface area contributed by atoms with Crippen molar-refractivity contribution in [3.63, 3.8) is 0 Å². The van der Waals surface area contributed by atoms with E-state index < -0.39 is 0 Å². The number of halogens is 1. The fourth-order valence-electron chi connectivity index (χ4n) is 1.80. The van der Waals surface area contributed by atoms with Crippen LogP contribution in [0.25, 0.3) is 0 Å². The number of nitrogens with zero attached hydrogens (tertiary/aromatic N) is 1. The van der Waals surface area contributed by atoms with E-state index in [2.05, 4.69) is 39.7 Å². The molecule has 1 aliphatic rings. The number of alkyl halides is 1. The van der Waals surface area contributed by atoms with Gasteiger partial charge in [-0.2, -0.15) is 0 Å². The van der Waals surface area contributed by atoms with Crippen LogP contribution < -0.4 is 5.32 Å². The summed E-state index contributed by atoms with van der Waals surface area (Å²) in [6.45, 7) is 8.60. The molecule has 0 radical (unpaired) electrons. The molecule has 0 spiro atoms. The van der Waals surface area contributed by atoms with Crippen LogP contribution in [0.15, 0.2) is 0 Å². The molecule has 0 saturated carbocycles. The maximum Gasteiger partial charge on any atom is 0.0826 e. The highest BCUT2D eigenvalue weighted by Gasteiger charge is 2.18. The lowest BCUT2D eigenvalue weighted by molar-refractivity contribution is -0.0251. The van der Waals surface area contributed by atoms with E-state index in [1.807, 2.05) is 0 Å². The van der Waals surface area contributed by atoms with Gasteiger partial charge in [-0.25, -0.2) is 0 Å². The lowest BCUT2D eigenvalue weighted by Crippen LogP contribution is -2.46. The van der Waals surface area contributed by atoms with Crippen molar-refractivity contribution in [2.45, 2.75) is 25.9 Å². The van der Waals surface area contributed by atoms with Crippen LogP contribution in [-0.4, -0.2) is 54.8 Å². The van der Waals surface area contributed by atoms with Gasteiger partial charge in [0.25, 0.3) is 0 Å². The maximum atomic E-state index is 5.71. The minimum Gasteiger partial charge on any atom is -0.374 e. The molecule has 0 aromatic rings. The van der Waals surface area contributed by atoms with Crippen LogP contribution in [0.5, 0.6) is 0 Å². The van der Waals surface area contributed by atoms with Crippen molar-refractivity contribution < 1.29 is 4.74 Å². The number of rotatable bonds is 7. The molecule has 1 heterocycles. The molecule has 1 unspecified atom stereocenters. The van der Waals surface area contributed by atoms with Crippen molar-refractivity contribution in [1.82, 2.24) is 10.2 Å². The smallest absolute Gasteiger partial charge is 0.0826 e. The second-order valence-corrected chi connectivity index (χ2v) is 5.06. The van der Waals surface area contributed by atoms with Crippen molar-refractivity contribution in [3.8, 4) is 0 Å². The van der Waals surface area contributed by atoms with Gasteiger partial charge in [-0.3, -0.25) is 4.90 Å². The summed E-state index contributed by atoms with van der Waals surface area (Å²) >= 11 is 2.43. The van der Waals surface area contributed by atoms with E-state index in [9.17, 15) is 0 Å². The Bertz CT molecular complexity index is 158. The summed E-state index contributed by atoms with van der Waals surface area (Å²) in [6.07, 6.45) is 3.01. The molecule has 0 aromatic carbocycles. The highest BCUT2D eigenvalue weighted by molar-refractivity contribution is 14.1. The zero-order valence-electron chi connectivity index (χ0n) is 9.67. The van der Waals surface area contributed by atoms with Crippen molar-refractivity contribution in [2.24, 2.45) is 0 Å². The number of nitrogens with one attached hydrogen (secondary N) is 1. The van der Waals surface area contributed by atoms with Crippen molar-refractivity contribution >= 4 is 22.6 Å². The standard InChI is InChI=1S/C11H23IN2O/c1-2-14-7-8-15-11(10-14)9-13-6-4-3-5-12/h11,13H,2-10H2,1H3. The summed E-state index contributed by atoms with van der Waals surface area (Å²) in [5, 5.41) is 3.48. The molecule has 4 heteroatoms. The van der Waals surface area contributed by atoms with E-state index in [4.69, 9.17) is 4.74 Å². The SMILES string of the molecule is CCN1CCOC(CNCCCCI)C1. The van der Waals surface area contributed by atoms with Gasteiger partial charge in [-0.1, -0.05) is 29.5 Å². The van der Waals surface area contributed by atoms with Crippen LogP contribution in [0.3, 0.4) is 0 Å². The van der Waals surface area contributed by atoms with Crippen LogP contribution in [0.4, 0.5) is 0 Å². The van der Waals surface area contributed by atoms with Gasteiger partial charge in [-0.05, 0) is 30.4 Å². The Morgan fingerprint density at radius 1 is 1.47 bits per heavy atom. The normalized spacial score (nSPS) is 23.2. The largest absolute Gasteiger partial charge is 0.374 e. The van der Waals surface area contributed by atoms with Crippen molar-refractivity contribution in [3.05, 3.63) is 0 Å². The molecular weight excluding hydrogens is 303 g/mol. The van der Waals surface area contributed by atoms with Gasteiger partial charge in [0.2, 0.25) is 0 Å². The zero-order chi connectivity index (χ0) is 10.9. The van der Waals surface area contributed by atoms with Gasteiger partial charge < -0.3 is 10.1 Å². The zero-order valence-corrected chi connectivity index (χ0v) is 11.8. The molecule has 1 atom stereocenters. The predicted octanol–water partition coefficient (Wildman–Crippen LogP) is 1.51. The van der Waals surface area contributed by atoms with Crippen LogP contribution in [0, 0.1) is 0 Å².